The predicted molar refractivity (Wildman–Crippen MR) is 81.2 cm³/mol. The van der Waals surface area contributed by atoms with Crippen LogP contribution in [0.2, 0.25) is 4.34 Å². The van der Waals surface area contributed by atoms with Crippen LogP contribution >= 0.6 is 22.9 Å². The van der Waals surface area contributed by atoms with Gasteiger partial charge in [0, 0.05) is 16.3 Å². The van der Waals surface area contributed by atoms with Crippen molar-refractivity contribution in [2.75, 3.05) is 0 Å². The standard InChI is InChI=1S/C15H18ClNO2S/c1-15(2)11(8-12(15)18)17-14(9-4-3-7-19-9)10-5-6-13(16)20-10/h3-7,11-12,14,17-18H,8H2,1-2H3. The quantitative estimate of drug-likeness (QED) is 0.902. The highest BCUT2D eigenvalue weighted by atomic mass is 35.5. The van der Waals surface area contributed by atoms with Gasteiger partial charge in [-0.2, -0.15) is 0 Å². The number of aliphatic hydroxyl groups excluding tert-OH is 1. The first kappa shape index (κ1) is 14.1. The van der Waals surface area contributed by atoms with Gasteiger partial charge in [0.15, 0.2) is 0 Å². The van der Waals surface area contributed by atoms with Crippen molar-refractivity contribution in [1.82, 2.24) is 5.32 Å². The van der Waals surface area contributed by atoms with E-state index in [1.165, 1.54) is 0 Å². The number of rotatable bonds is 4. The second-order valence-electron chi connectivity index (χ2n) is 5.88. The smallest absolute Gasteiger partial charge is 0.126 e. The molecule has 2 aromatic rings. The summed E-state index contributed by atoms with van der Waals surface area (Å²) < 4.78 is 6.33. The molecule has 0 amide bonds. The van der Waals surface area contributed by atoms with Gasteiger partial charge in [0.05, 0.1) is 16.7 Å². The van der Waals surface area contributed by atoms with Gasteiger partial charge in [0.1, 0.15) is 11.8 Å². The van der Waals surface area contributed by atoms with Crippen LogP contribution in [0, 0.1) is 5.41 Å². The van der Waals surface area contributed by atoms with Crippen LogP contribution < -0.4 is 5.32 Å². The lowest BCUT2D eigenvalue weighted by Crippen LogP contribution is -2.60. The molecule has 2 aromatic heterocycles. The Balaban J connectivity index is 1.84. The lowest BCUT2D eigenvalue weighted by Gasteiger charge is -2.50. The maximum atomic E-state index is 9.88. The zero-order valence-electron chi connectivity index (χ0n) is 11.5. The molecule has 5 heteroatoms. The van der Waals surface area contributed by atoms with Gasteiger partial charge in [-0.15, -0.1) is 11.3 Å². The fourth-order valence-electron chi connectivity index (χ4n) is 2.63. The van der Waals surface area contributed by atoms with E-state index in [0.29, 0.717) is 0 Å². The number of thiophene rings is 1. The molecule has 20 heavy (non-hydrogen) atoms. The van der Waals surface area contributed by atoms with Crippen LogP contribution in [0.5, 0.6) is 0 Å². The number of furan rings is 1. The van der Waals surface area contributed by atoms with Gasteiger partial charge in [0.25, 0.3) is 0 Å². The summed E-state index contributed by atoms with van der Waals surface area (Å²) in [6.07, 6.45) is 2.20. The Morgan fingerprint density at radius 2 is 2.25 bits per heavy atom. The Hall–Kier alpha value is -0.810. The van der Waals surface area contributed by atoms with Crippen molar-refractivity contribution >= 4 is 22.9 Å². The van der Waals surface area contributed by atoms with Crippen LogP contribution in [0.1, 0.15) is 36.9 Å². The van der Waals surface area contributed by atoms with Crippen molar-refractivity contribution in [3.05, 3.63) is 45.5 Å². The van der Waals surface area contributed by atoms with Gasteiger partial charge in [-0.3, -0.25) is 5.32 Å². The Morgan fingerprint density at radius 3 is 2.75 bits per heavy atom. The molecular weight excluding hydrogens is 294 g/mol. The summed E-state index contributed by atoms with van der Waals surface area (Å²) >= 11 is 7.60. The first-order chi connectivity index (χ1) is 9.48. The minimum absolute atomic E-state index is 0.0146. The lowest BCUT2D eigenvalue weighted by molar-refractivity contribution is -0.0752. The molecule has 2 heterocycles. The van der Waals surface area contributed by atoms with Crippen molar-refractivity contribution < 1.29 is 9.52 Å². The van der Waals surface area contributed by atoms with Crippen LogP contribution in [0.25, 0.3) is 0 Å². The van der Waals surface area contributed by atoms with Gasteiger partial charge >= 0.3 is 0 Å². The second-order valence-corrected chi connectivity index (χ2v) is 7.63. The molecule has 0 bridgehead atoms. The molecule has 0 aliphatic heterocycles. The monoisotopic (exact) mass is 311 g/mol. The maximum Gasteiger partial charge on any atom is 0.126 e. The lowest BCUT2D eigenvalue weighted by atomic mass is 9.64. The van der Waals surface area contributed by atoms with E-state index in [1.54, 1.807) is 17.6 Å². The number of nitrogens with one attached hydrogen (secondary N) is 1. The first-order valence-corrected chi connectivity index (χ1v) is 7.90. The van der Waals surface area contributed by atoms with E-state index in [2.05, 4.69) is 19.2 Å². The molecule has 2 N–H and O–H groups in total. The van der Waals surface area contributed by atoms with E-state index in [4.69, 9.17) is 16.0 Å². The van der Waals surface area contributed by atoms with E-state index in [9.17, 15) is 5.11 Å². The van der Waals surface area contributed by atoms with E-state index >= 15 is 0 Å². The Kier molecular flexibility index (Phi) is 3.67. The van der Waals surface area contributed by atoms with Crippen LogP contribution in [-0.2, 0) is 0 Å². The summed E-state index contributed by atoms with van der Waals surface area (Å²) in [4.78, 5) is 1.13. The third-order valence-corrected chi connectivity index (χ3v) is 5.59. The topological polar surface area (TPSA) is 45.4 Å². The molecule has 0 spiro atoms. The van der Waals surface area contributed by atoms with E-state index < -0.39 is 0 Å². The second kappa shape index (κ2) is 5.19. The van der Waals surface area contributed by atoms with Gasteiger partial charge in [0.2, 0.25) is 0 Å². The molecule has 3 nitrogen and oxygen atoms in total. The Morgan fingerprint density at radius 1 is 1.45 bits per heavy atom. The number of aliphatic hydroxyl groups is 1. The minimum atomic E-state index is -0.246. The molecule has 1 saturated carbocycles. The summed E-state index contributed by atoms with van der Waals surface area (Å²) in [5, 5.41) is 13.5. The van der Waals surface area contributed by atoms with Crippen LogP contribution in [0.15, 0.2) is 34.9 Å². The normalized spacial score (nSPS) is 26.2. The van der Waals surface area contributed by atoms with Gasteiger partial charge in [-0.05, 0) is 30.7 Å². The maximum absolute atomic E-state index is 9.88. The molecule has 1 fully saturated rings. The highest BCUT2D eigenvalue weighted by molar-refractivity contribution is 7.16. The van der Waals surface area contributed by atoms with Crippen molar-refractivity contribution in [3.8, 4) is 0 Å². The van der Waals surface area contributed by atoms with Gasteiger partial charge in [-0.25, -0.2) is 0 Å². The highest BCUT2D eigenvalue weighted by Crippen LogP contribution is 2.43. The molecule has 0 saturated heterocycles. The summed E-state index contributed by atoms with van der Waals surface area (Å²) in [7, 11) is 0. The zero-order valence-corrected chi connectivity index (χ0v) is 13.0. The molecule has 0 aromatic carbocycles. The molecule has 3 rings (SSSR count). The van der Waals surface area contributed by atoms with Crippen molar-refractivity contribution in [2.24, 2.45) is 5.41 Å². The van der Waals surface area contributed by atoms with Crippen molar-refractivity contribution in [3.63, 3.8) is 0 Å². The van der Waals surface area contributed by atoms with Crippen LogP contribution in [0.4, 0.5) is 0 Å². The van der Waals surface area contributed by atoms with Crippen molar-refractivity contribution in [2.45, 2.75) is 38.5 Å². The summed E-state index contributed by atoms with van der Waals surface area (Å²) in [6.45, 7) is 4.17. The minimum Gasteiger partial charge on any atom is -0.467 e. The van der Waals surface area contributed by atoms with Crippen LogP contribution in [0.3, 0.4) is 0 Å². The summed E-state index contributed by atoms with van der Waals surface area (Å²) in [5.41, 5.74) is -0.119. The largest absolute Gasteiger partial charge is 0.467 e. The third kappa shape index (κ3) is 2.42. The Bertz CT molecular complexity index is 578. The fourth-order valence-corrected chi connectivity index (χ4v) is 3.76. The van der Waals surface area contributed by atoms with Gasteiger partial charge in [-0.1, -0.05) is 25.4 Å². The zero-order chi connectivity index (χ0) is 14.3. The van der Waals surface area contributed by atoms with Crippen molar-refractivity contribution in [1.29, 1.82) is 0 Å². The van der Waals surface area contributed by atoms with E-state index in [-0.39, 0.29) is 23.6 Å². The molecule has 108 valence electrons. The first-order valence-electron chi connectivity index (χ1n) is 6.71. The molecule has 1 aliphatic carbocycles. The SMILES string of the molecule is CC1(C)C(O)CC1NC(c1ccco1)c1ccc(Cl)s1. The van der Waals surface area contributed by atoms with Gasteiger partial charge < -0.3 is 9.52 Å². The number of hydrogen-bond donors (Lipinski definition) is 2. The Labute approximate surface area is 127 Å². The number of halogens is 1. The molecule has 3 unspecified atom stereocenters. The average molecular weight is 312 g/mol. The predicted octanol–water partition coefficient (Wildman–Crippen LogP) is 3.83. The van der Waals surface area contributed by atoms with E-state index in [1.807, 2.05) is 24.3 Å². The fraction of sp³-hybridized carbons (Fsp3) is 0.467. The number of hydrogen-bond acceptors (Lipinski definition) is 4. The summed E-state index contributed by atoms with van der Waals surface area (Å²) in [6, 6.07) is 8.02. The third-order valence-electron chi connectivity index (χ3n) is 4.29. The van der Waals surface area contributed by atoms with E-state index in [0.717, 1.165) is 21.4 Å². The highest BCUT2D eigenvalue weighted by Gasteiger charge is 2.48. The molecule has 1 aliphatic rings. The average Bonchev–Trinajstić information content (AvgIpc) is 3.06. The molecular formula is C15H18ClNO2S. The van der Waals surface area contributed by atoms with Crippen LogP contribution in [-0.4, -0.2) is 17.3 Å². The summed E-state index contributed by atoms with van der Waals surface area (Å²) in [5.74, 6) is 0.876. The molecule has 0 radical (unpaired) electrons. The molecule has 3 atom stereocenters.